The molecule has 0 radical (unpaired) electrons. The summed E-state index contributed by atoms with van der Waals surface area (Å²) in [6.07, 6.45) is 0. The van der Waals surface area contributed by atoms with Crippen molar-refractivity contribution < 1.29 is 19.0 Å². The van der Waals surface area contributed by atoms with Gasteiger partial charge in [-0.2, -0.15) is 0 Å². The molecule has 4 rings (SSSR count). The summed E-state index contributed by atoms with van der Waals surface area (Å²) in [5.41, 5.74) is 1.34. The van der Waals surface area contributed by atoms with Crippen LogP contribution in [0.5, 0.6) is 17.2 Å². The van der Waals surface area contributed by atoms with Gasteiger partial charge in [-0.1, -0.05) is 36.0 Å². The summed E-state index contributed by atoms with van der Waals surface area (Å²) in [6, 6.07) is 19.4. The van der Waals surface area contributed by atoms with Crippen molar-refractivity contribution in [1.82, 2.24) is 9.55 Å². The van der Waals surface area contributed by atoms with E-state index in [0.29, 0.717) is 44.7 Å². The van der Waals surface area contributed by atoms with Crippen molar-refractivity contribution in [1.29, 1.82) is 0 Å². The second-order valence-corrected chi connectivity index (χ2v) is 8.07. The number of carbonyl (C=O) groups excluding carboxylic acids is 1. The van der Waals surface area contributed by atoms with Crippen LogP contribution in [0.3, 0.4) is 0 Å². The van der Waals surface area contributed by atoms with Crippen LogP contribution in [0.1, 0.15) is 0 Å². The van der Waals surface area contributed by atoms with E-state index in [2.05, 4.69) is 10.3 Å². The Balaban J connectivity index is 1.68. The van der Waals surface area contributed by atoms with Gasteiger partial charge in [0.1, 0.15) is 17.2 Å². The van der Waals surface area contributed by atoms with Crippen LogP contribution in [0.25, 0.3) is 16.6 Å². The number of hydrogen-bond donors (Lipinski definition) is 1. The first-order valence-electron chi connectivity index (χ1n) is 10.4. The highest BCUT2D eigenvalue weighted by atomic mass is 32.2. The van der Waals surface area contributed by atoms with Gasteiger partial charge < -0.3 is 19.5 Å². The first kappa shape index (κ1) is 23.2. The van der Waals surface area contributed by atoms with E-state index in [1.807, 2.05) is 18.2 Å². The second-order valence-electron chi connectivity index (χ2n) is 7.13. The van der Waals surface area contributed by atoms with E-state index in [-0.39, 0.29) is 17.2 Å². The molecule has 0 atom stereocenters. The van der Waals surface area contributed by atoms with E-state index in [4.69, 9.17) is 14.2 Å². The maximum absolute atomic E-state index is 13.4. The lowest BCUT2D eigenvalue weighted by molar-refractivity contribution is -0.113. The Bertz CT molecular complexity index is 1400. The van der Waals surface area contributed by atoms with Crippen molar-refractivity contribution in [3.63, 3.8) is 0 Å². The summed E-state index contributed by atoms with van der Waals surface area (Å²) >= 11 is 1.15. The highest BCUT2D eigenvalue weighted by molar-refractivity contribution is 7.99. The number of fused-ring (bicyclic) bond motifs is 1. The van der Waals surface area contributed by atoms with Gasteiger partial charge >= 0.3 is 0 Å². The predicted octanol–water partition coefficient (Wildman–Crippen LogP) is 4.14. The van der Waals surface area contributed by atoms with Crippen molar-refractivity contribution in [2.24, 2.45) is 0 Å². The van der Waals surface area contributed by atoms with Gasteiger partial charge in [-0.3, -0.25) is 14.2 Å². The molecule has 0 aliphatic heterocycles. The third-order valence-corrected chi connectivity index (χ3v) is 6.02. The largest absolute Gasteiger partial charge is 0.497 e. The molecule has 0 fully saturated rings. The molecule has 3 aromatic carbocycles. The molecule has 8 nitrogen and oxygen atoms in total. The van der Waals surface area contributed by atoms with E-state index in [9.17, 15) is 9.59 Å². The van der Waals surface area contributed by atoms with Gasteiger partial charge in [0.2, 0.25) is 5.91 Å². The minimum atomic E-state index is -0.287. The normalized spacial score (nSPS) is 10.7. The topological polar surface area (TPSA) is 91.7 Å². The molecule has 0 bridgehead atoms. The lowest BCUT2D eigenvalue weighted by Crippen LogP contribution is -2.23. The van der Waals surface area contributed by atoms with Gasteiger partial charge in [-0.25, -0.2) is 4.98 Å². The van der Waals surface area contributed by atoms with Crippen molar-refractivity contribution >= 4 is 34.3 Å². The minimum absolute atomic E-state index is 0.0142. The van der Waals surface area contributed by atoms with Crippen molar-refractivity contribution in [3.8, 4) is 22.9 Å². The summed E-state index contributed by atoms with van der Waals surface area (Å²) in [5, 5.41) is 3.69. The standard InChI is InChI=1S/C25H23N3O5S/c1-31-16-12-13-21(32-2)19(14-16)26-23(29)15-34-25-27-18-9-5-4-8-17(18)24(30)28(25)20-10-6-7-11-22(20)33-3/h4-14H,15H2,1-3H3,(H,26,29). The number of hydrogen-bond acceptors (Lipinski definition) is 7. The number of anilines is 1. The van der Waals surface area contributed by atoms with Gasteiger partial charge in [-0.05, 0) is 36.4 Å². The highest BCUT2D eigenvalue weighted by Crippen LogP contribution is 2.30. The Morgan fingerprint density at radius 3 is 2.44 bits per heavy atom. The van der Waals surface area contributed by atoms with Crippen LogP contribution < -0.4 is 25.1 Å². The minimum Gasteiger partial charge on any atom is -0.497 e. The number of nitrogens with zero attached hydrogens (tertiary/aromatic N) is 2. The number of para-hydroxylation sites is 3. The number of nitrogens with one attached hydrogen (secondary N) is 1. The lowest BCUT2D eigenvalue weighted by Gasteiger charge is -2.16. The first-order chi connectivity index (χ1) is 16.5. The van der Waals surface area contributed by atoms with Crippen molar-refractivity contribution in [2.45, 2.75) is 5.16 Å². The van der Waals surface area contributed by atoms with Crippen molar-refractivity contribution in [3.05, 3.63) is 77.1 Å². The molecule has 0 unspecified atom stereocenters. The Kier molecular flexibility index (Phi) is 7.03. The van der Waals surface area contributed by atoms with E-state index in [1.165, 1.54) is 11.7 Å². The number of benzene rings is 3. The highest BCUT2D eigenvalue weighted by Gasteiger charge is 2.18. The van der Waals surface area contributed by atoms with Crippen LogP contribution in [-0.2, 0) is 4.79 Å². The zero-order valence-corrected chi connectivity index (χ0v) is 19.7. The molecule has 1 amide bonds. The summed E-state index contributed by atoms with van der Waals surface area (Å²) < 4.78 is 17.5. The predicted molar refractivity (Wildman–Crippen MR) is 133 cm³/mol. The summed E-state index contributed by atoms with van der Waals surface area (Å²) in [5.74, 6) is 1.35. The summed E-state index contributed by atoms with van der Waals surface area (Å²) in [6.45, 7) is 0. The maximum atomic E-state index is 13.4. The van der Waals surface area contributed by atoms with Crippen LogP contribution in [0.15, 0.2) is 76.7 Å². The smallest absolute Gasteiger partial charge is 0.266 e. The quantitative estimate of drug-likeness (QED) is 0.301. The zero-order chi connectivity index (χ0) is 24.1. The van der Waals surface area contributed by atoms with Crippen LogP contribution in [0.2, 0.25) is 0 Å². The number of amides is 1. The molecule has 174 valence electrons. The molecular weight excluding hydrogens is 454 g/mol. The van der Waals surface area contributed by atoms with Gasteiger partial charge in [-0.15, -0.1) is 0 Å². The average Bonchev–Trinajstić information content (AvgIpc) is 2.87. The fraction of sp³-hybridized carbons (Fsp3) is 0.160. The van der Waals surface area contributed by atoms with Crippen LogP contribution in [0.4, 0.5) is 5.69 Å². The van der Waals surface area contributed by atoms with E-state index >= 15 is 0 Å². The van der Waals surface area contributed by atoms with Crippen molar-refractivity contribution in [2.75, 3.05) is 32.4 Å². The molecule has 9 heteroatoms. The summed E-state index contributed by atoms with van der Waals surface area (Å²) in [7, 11) is 4.61. The zero-order valence-electron chi connectivity index (χ0n) is 18.9. The number of aromatic nitrogens is 2. The molecule has 1 N–H and O–H groups in total. The fourth-order valence-corrected chi connectivity index (χ4v) is 4.27. The number of carbonyl (C=O) groups is 1. The van der Waals surface area contributed by atoms with Gasteiger partial charge in [0, 0.05) is 6.07 Å². The third kappa shape index (κ3) is 4.69. The molecule has 34 heavy (non-hydrogen) atoms. The van der Waals surface area contributed by atoms with Crippen LogP contribution in [0, 0.1) is 0 Å². The molecule has 1 aromatic heterocycles. The monoisotopic (exact) mass is 477 g/mol. The summed E-state index contributed by atoms with van der Waals surface area (Å²) in [4.78, 5) is 30.9. The van der Waals surface area contributed by atoms with Crippen LogP contribution in [-0.4, -0.2) is 42.5 Å². The number of methoxy groups -OCH3 is 3. The second kappa shape index (κ2) is 10.3. The molecule has 1 heterocycles. The van der Waals surface area contributed by atoms with E-state index < -0.39 is 0 Å². The molecule has 0 spiro atoms. The van der Waals surface area contributed by atoms with E-state index in [1.54, 1.807) is 62.8 Å². The lowest BCUT2D eigenvalue weighted by atomic mass is 10.2. The Morgan fingerprint density at radius 1 is 0.941 bits per heavy atom. The molecule has 0 saturated carbocycles. The van der Waals surface area contributed by atoms with Crippen LogP contribution >= 0.6 is 11.8 Å². The number of thioether (sulfide) groups is 1. The van der Waals surface area contributed by atoms with Gasteiger partial charge in [0.15, 0.2) is 5.16 Å². The van der Waals surface area contributed by atoms with E-state index in [0.717, 1.165) is 11.8 Å². The average molecular weight is 478 g/mol. The Hall–Kier alpha value is -3.98. The Labute approximate surface area is 200 Å². The number of rotatable bonds is 8. The maximum Gasteiger partial charge on any atom is 0.266 e. The third-order valence-electron chi connectivity index (χ3n) is 5.08. The Morgan fingerprint density at radius 2 is 1.68 bits per heavy atom. The molecular formula is C25H23N3O5S. The SMILES string of the molecule is COc1ccc(OC)c(NC(=O)CSc2nc3ccccc3c(=O)n2-c2ccccc2OC)c1. The molecule has 0 aliphatic rings. The molecule has 0 saturated heterocycles. The number of ether oxygens (including phenoxy) is 3. The molecule has 0 aliphatic carbocycles. The van der Waals surface area contributed by atoms with Gasteiger partial charge in [0.05, 0.1) is 49.4 Å². The molecule has 4 aromatic rings. The van der Waals surface area contributed by atoms with Gasteiger partial charge in [0.25, 0.3) is 5.56 Å². The first-order valence-corrected chi connectivity index (χ1v) is 11.3. The fourth-order valence-electron chi connectivity index (χ4n) is 3.46.